The van der Waals surface area contributed by atoms with E-state index in [2.05, 4.69) is 29.2 Å². The van der Waals surface area contributed by atoms with Crippen molar-refractivity contribution in [2.75, 3.05) is 33.8 Å². The summed E-state index contributed by atoms with van der Waals surface area (Å²) in [7, 11) is 3.57. The zero-order valence-corrected chi connectivity index (χ0v) is 12.4. The molecule has 1 N–H and O–H groups in total. The van der Waals surface area contributed by atoms with Crippen LogP contribution >= 0.6 is 0 Å². The number of benzene rings is 1. The Morgan fingerprint density at radius 2 is 2.10 bits per heavy atom. The summed E-state index contributed by atoms with van der Waals surface area (Å²) in [5, 5.41) is 9.07. The highest BCUT2D eigenvalue weighted by Gasteiger charge is 2.28. The van der Waals surface area contributed by atoms with Gasteiger partial charge in [-0.05, 0) is 30.4 Å². The SMILES string of the molecule is CN(C)C(=O)CN(CCCO)C1CCc2ccccc21. The van der Waals surface area contributed by atoms with Crippen LogP contribution in [0.2, 0.25) is 0 Å². The van der Waals surface area contributed by atoms with E-state index in [0.29, 0.717) is 19.0 Å². The van der Waals surface area contributed by atoms with E-state index in [9.17, 15) is 4.79 Å². The highest BCUT2D eigenvalue weighted by atomic mass is 16.3. The first-order valence-corrected chi connectivity index (χ1v) is 7.26. The van der Waals surface area contributed by atoms with Gasteiger partial charge in [0.15, 0.2) is 0 Å². The first-order valence-electron chi connectivity index (χ1n) is 7.26. The van der Waals surface area contributed by atoms with Crippen LogP contribution in [0.25, 0.3) is 0 Å². The van der Waals surface area contributed by atoms with E-state index in [4.69, 9.17) is 5.11 Å². The predicted molar refractivity (Wildman–Crippen MR) is 79.5 cm³/mol. The lowest BCUT2D eigenvalue weighted by atomic mass is 10.1. The van der Waals surface area contributed by atoms with Gasteiger partial charge in [0.25, 0.3) is 0 Å². The minimum Gasteiger partial charge on any atom is -0.396 e. The number of aliphatic hydroxyl groups is 1. The number of aliphatic hydroxyl groups excluding tert-OH is 1. The molecule has 0 aliphatic heterocycles. The third kappa shape index (κ3) is 3.38. The summed E-state index contributed by atoms with van der Waals surface area (Å²) >= 11 is 0. The van der Waals surface area contributed by atoms with Crippen molar-refractivity contribution in [3.8, 4) is 0 Å². The number of hydrogen-bond donors (Lipinski definition) is 1. The van der Waals surface area contributed by atoms with Gasteiger partial charge in [0.1, 0.15) is 0 Å². The van der Waals surface area contributed by atoms with Crippen LogP contribution in [0.4, 0.5) is 0 Å². The summed E-state index contributed by atoms with van der Waals surface area (Å²) in [5.74, 6) is 0.118. The second-order valence-corrected chi connectivity index (χ2v) is 5.59. The Balaban J connectivity index is 2.13. The average molecular weight is 276 g/mol. The number of hydrogen-bond acceptors (Lipinski definition) is 3. The minimum atomic E-state index is 0.118. The molecule has 4 nitrogen and oxygen atoms in total. The van der Waals surface area contributed by atoms with Crippen LogP contribution in [0.5, 0.6) is 0 Å². The summed E-state index contributed by atoms with van der Waals surface area (Å²) in [5.41, 5.74) is 2.74. The van der Waals surface area contributed by atoms with E-state index in [1.54, 1.807) is 19.0 Å². The number of carbonyl (C=O) groups is 1. The van der Waals surface area contributed by atoms with Gasteiger partial charge < -0.3 is 10.0 Å². The van der Waals surface area contributed by atoms with E-state index in [1.165, 1.54) is 11.1 Å². The van der Waals surface area contributed by atoms with Gasteiger partial charge in [-0.1, -0.05) is 24.3 Å². The molecule has 0 bridgehead atoms. The number of fused-ring (bicyclic) bond motifs is 1. The molecule has 1 aromatic carbocycles. The molecule has 1 atom stereocenters. The summed E-state index contributed by atoms with van der Waals surface area (Å²) < 4.78 is 0. The molecular weight excluding hydrogens is 252 g/mol. The molecule has 1 amide bonds. The second-order valence-electron chi connectivity index (χ2n) is 5.59. The molecule has 0 radical (unpaired) electrons. The number of aryl methyl sites for hydroxylation is 1. The molecule has 0 heterocycles. The van der Waals surface area contributed by atoms with Gasteiger partial charge in [0.05, 0.1) is 6.54 Å². The Kier molecular flexibility index (Phi) is 5.15. The van der Waals surface area contributed by atoms with Crippen molar-refractivity contribution in [3.63, 3.8) is 0 Å². The summed E-state index contributed by atoms with van der Waals surface area (Å²) in [6, 6.07) is 8.79. The molecule has 0 saturated carbocycles. The number of nitrogens with zero attached hydrogens (tertiary/aromatic N) is 2. The molecule has 4 heteroatoms. The van der Waals surface area contributed by atoms with Crippen LogP contribution < -0.4 is 0 Å². The van der Waals surface area contributed by atoms with Crippen molar-refractivity contribution in [1.29, 1.82) is 0 Å². The molecule has 1 aliphatic carbocycles. The Bertz CT molecular complexity index is 460. The van der Waals surface area contributed by atoms with Crippen molar-refractivity contribution < 1.29 is 9.90 Å². The van der Waals surface area contributed by atoms with Crippen LogP contribution in [0.15, 0.2) is 24.3 Å². The molecule has 0 saturated heterocycles. The lowest BCUT2D eigenvalue weighted by Crippen LogP contribution is -2.39. The van der Waals surface area contributed by atoms with Crippen molar-refractivity contribution in [2.24, 2.45) is 0 Å². The van der Waals surface area contributed by atoms with Crippen LogP contribution in [0, 0.1) is 0 Å². The molecule has 20 heavy (non-hydrogen) atoms. The van der Waals surface area contributed by atoms with E-state index in [1.807, 2.05) is 0 Å². The standard InChI is InChI=1S/C16H24N2O2/c1-17(2)16(20)12-18(10-5-11-19)15-9-8-13-6-3-4-7-14(13)15/h3-4,6-7,15,19H,5,8-12H2,1-2H3. The lowest BCUT2D eigenvalue weighted by Gasteiger charge is -2.30. The second kappa shape index (κ2) is 6.86. The Hall–Kier alpha value is -1.39. The van der Waals surface area contributed by atoms with Crippen LogP contribution in [-0.4, -0.2) is 54.6 Å². The average Bonchev–Trinajstić information content (AvgIpc) is 2.87. The Morgan fingerprint density at radius 3 is 2.80 bits per heavy atom. The summed E-state index contributed by atoms with van der Waals surface area (Å²) in [4.78, 5) is 15.9. The van der Waals surface area contributed by atoms with Crippen molar-refractivity contribution in [2.45, 2.75) is 25.3 Å². The Morgan fingerprint density at radius 1 is 1.35 bits per heavy atom. The predicted octanol–water partition coefficient (Wildman–Crippen LogP) is 1.45. The molecule has 0 fully saturated rings. The van der Waals surface area contributed by atoms with E-state index < -0.39 is 0 Å². The summed E-state index contributed by atoms with van der Waals surface area (Å²) in [6.45, 7) is 1.35. The Labute approximate surface area is 121 Å². The van der Waals surface area contributed by atoms with Gasteiger partial charge in [0, 0.05) is 33.3 Å². The zero-order valence-electron chi connectivity index (χ0n) is 12.4. The zero-order chi connectivity index (χ0) is 14.5. The molecule has 2 rings (SSSR count). The fourth-order valence-corrected chi connectivity index (χ4v) is 2.85. The first kappa shape index (κ1) is 15.0. The molecule has 0 aromatic heterocycles. The van der Waals surface area contributed by atoms with Crippen molar-refractivity contribution >= 4 is 5.91 Å². The lowest BCUT2D eigenvalue weighted by molar-refractivity contribution is -0.130. The number of amides is 1. The van der Waals surface area contributed by atoms with Gasteiger partial charge >= 0.3 is 0 Å². The van der Waals surface area contributed by atoms with Crippen LogP contribution in [0.3, 0.4) is 0 Å². The largest absolute Gasteiger partial charge is 0.396 e. The maximum absolute atomic E-state index is 12.0. The molecule has 1 aliphatic rings. The molecular formula is C16H24N2O2. The third-order valence-corrected chi connectivity index (χ3v) is 3.98. The van der Waals surface area contributed by atoms with E-state index >= 15 is 0 Å². The fraction of sp³-hybridized carbons (Fsp3) is 0.562. The molecule has 1 aromatic rings. The van der Waals surface area contributed by atoms with Crippen molar-refractivity contribution in [3.05, 3.63) is 35.4 Å². The molecule has 1 unspecified atom stereocenters. The van der Waals surface area contributed by atoms with E-state index in [0.717, 1.165) is 19.4 Å². The van der Waals surface area contributed by atoms with Gasteiger partial charge in [-0.3, -0.25) is 9.69 Å². The highest BCUT2D eigenvalue weighted by molar-refractivity contribution is 5.77. The van der Waals surface area contributed by atoms with Gasteiger partial charge in [0.2, 0.25) is 5.91 Å². The molecule has 0 spiro atoms. The summed E-state index contributed by atoms with van der Waals surface area (Å²) in [6.07, 6.45) is 2.84. The number of likely N-dealkylation sites (N-methyl/N-ethyl adjacent to an activating group) is 1. The molecule has 110 valence electrons. The highest BCUT2D eigenvalue weighted by Crippen LogP contribution is 2.35. The third-order valence-electron chi connectivity index (χ3n) is 3.98. The monoisotopic (exact) mass is 276 g/mol. The van der Waals surface area contributed by atoms with Crippen LogP contribution in [0.1, 0.15) is 30.0 Å². The normalized spacial score (nSPS) is 17.3. The van der Waals surface area contributed by atoms with Crippen LogP contribution in [-0.2, 0) is 11.2 Å². The fourth-order valence-electron chi connectivity index (χ4n) is 2.85. The van der Waals surface area contributed by atoms with Gasteiger partial charge in [-0.25, -0.2) is 0 Å². The van der Waals surface area contributed by atoms with Crippen molar-refractivity contribution in [1.82, 2.24) is 9.80 Å². The number of carbonyl (C=O) groups excluding carboxylic acids is 1. The maximum Gasteiger partial charge on any atom is 0.236 e. The van der Waals surface area contributed by atoms with Gasteiger partial charge in [-0.15, -0.1) is 0 Å². The first-order chi connectivity index (χ1) is 9.63. The maximum atomic E-state index is 12.0. The minimum absolute atomic E-state index is 0.118. The van der Waals surface area contributed by atoms with Gasteiger partial charge in [-0.2, -0.15) is 0 Å². The van der Waals surface area contributed by atoms with E-state index in [-0.39, 0.29) is 12.5 Å². The number of rotatable bonds is 6. The quantitative estimate of drug-likeness (QED) is 0.855. The smallest absolute Gasteiger partial charge is 0.236 e. The topological polar surface area (TPSA) is 43.8 Å².